The summed E-state index contributed by atoms with van der Waals surface area (Å²) in [6, 6.07) is 7.21. The molecule has 12 heteroatoms. The summed E-state index contributed by atoms with van der Waals surface area (Å²) < 4.78 is 77.7. The van der Waals surface area contributed by atoms with Crippen LogP contribution in [0, 0.1) is 11.6 Å². The predicted octanol–water partition coefficient (Wildman–Crippen LogP) is 4.85. The molecule has 0 fully saturated rings. The van der Waals surface area contributed by atoms with Crippen LogP contribution in [-0.2, 0) is 12.6 Å². The van der Waals surface area contributed by atoms with Crippen molar-refractivity contribution >= 4 is 11.3 Å². The lowest BCUT2D eigenvalue weighted by Crippen LogP contribution is -2.10. The molecule has 0 aliphatic heterocycles. The standard InChI is InChI=1S/C21H19F5N2O3S.CH5N/c22-15-4-3-5-17(19(15)23)31-11-2-1-10-30-16-7-6-13(12-14(16)21(24,25)26)20-28-27-18(32-20)8-9-29;1-2/h3-7,12,29H,1-2,8-11H2;2H2,1H3. The Morgan fingerprint density at radius 3 is 2.29 bits per heavy atom. The summed E-state index contributed by atoms with van der Waals surface area (Å²) in [7, 11) is 1.50. The van der Waals surface area contributed by atoms with Gasteiger partial charge in [0.1, 0.15) is 15.8 Å². The van der Waals surface area contributed by atoms with E-state index in [9.17, 15) is 22.0 Å². The molecule has 0 atom stereocenters. The molecule has 0 amide bonds. The molecular weight excluding hydrogens is 481 g/mol. The van der Waals surface area contributed by atoms with Crippen LogP contribution in [0.4, 0.5) is 22.0 Å². The zero-order valence-corrected chi connectivity index (χ0v) is 19.1. The van der Waals surface area contributed by atoms with Crippen LogP contribution in [0.1, 0.15) is 23.4 Å². The molecule has 0 bridgehead atoms. The number of benzene rings is 2. The Bertz CT molecular complexity index is 1050. The normalized spacial score (nSPS) is 11.1. The van der Waals surface area contributed by atoms with Gasteiger partial charge >= 0.3 is 6.18 Å². The second-order valence-corrected chi connectivity index (χ2v) is 7.70. The second kappa shape index (κ2) is 13.2. The highest BCUT2D eigenvalue weighted by Gasteiger charge is 2.35. The summed E-state index contributed by atoms with van der Waals surface area (Å²) in [4.78, 5) is 0. The molecule has 6 nitrogen and oxygen atoms in total. The van der Waals surface area contributed by atoms with Gasteiger partial charge in [-0.05, 0) is 50.2 Å². The second-order valence-electron chi connectivity index (χ2n) is 6.64. The van der Waals surface area contributed by atoms with Gasteiger partial charge in [-0.15, -0.1) is 10.2 Å². The molecule has 0 saturated heterocycles. The fraction of sp³-hybridized carbons (Fsp3) is 0.364. The lowest BCUT2D eigenvalue weighted by Gasteiger charge is -2.15. The molecule has 3 aromatic rings. The molecule has 1 heterocycles. The third-order valence-electron chi connectivity index (χ3n) is 4.29. The fourth-order valence-corrected chi connectivity index (χ4v) is 3.57. The van der Waals surface area contributed by atoms with Crippen LogP contribution in [0.15, 0.2) is 36.4 Å². The Morgan fingerprint density at radius 1 is 0.971 bits per heavy atom. The van der Waals surface area contributed by atoms with E-state index < -0.39 is 23.4 Å². The van der Waals surface area contributed by atoms with Gasteiger partial charge in [-0.25, -0.2) is 4.39 Å². The van der Waals surface area contributed by atoms with Crippen molar-refractivity contribution < 1.29 is 36.5 Å². The molecule has 186 valence electrons. The number of aromatic nitrogens is 2. The van der Waals surface area contributed by atoms with Crippen LogP contribution < -0.4 is 15.2 Å². The van der Waals surface area contributed by atoms with E-state index in [-0.39, 0.29) is 43.3 Å². The third-order valence-corrected chi connectivity index (χ3v) is 5.33. The number of alkyl halides is 3. The van der Waals surface area contributed by atoms with Crippen LogP contribution in [0.2, 0.25) is 0 Å². The lowest BCUT2D eigenvalue weighted by atomic mass is 10.1. The zero-order valence-electron chi connectivity index (χ0n) is 18.2. The number of ether oxygens (including phenoxy) is 2. The van der Waals surface area contributed by atoms with Gasteiger partial charge in [-0.1, -0.05) is 17.4 Å². The van der Waals surface area contributed by atoms with E-state index in [1.807, 2.05) is 0 Å². The van der Waals surface area contributed by atoms with Crippen molar-refractivity contribution in [2.24, 2.45) is 5.73 Å². The maximum absolute atomic E-state index is 13.5. The van der Waals surface area contributed by atoms with Gasteiger partial charge in [0.05, 0.1) is 18.8 Å². The molecule has 0 aliphatic rings. The minimum atomic E-state index is -4.64. The Hall–Kier alpha value is -2.83. The first kappa shape index (κ1) is 27.4. The molecule has 34 heavy (non-hydrogen) atoms. The van der Waals surface area contributed by atoms with Crippen molar-refractivity contribution in [1.29, 1.82) is 0 Å². The summed E-state index contributed by atoms with van der Waals surface area (Å²) in [6.45, 7) is -0.0870. The Morgan fingerprint density at radius 2 is 1.65 bits per heavy atom. The van der Waals surface area contributed by atoms with Gasteiger partial charge in [0.2, 0.25) is 5.82 Å². The van der Waals surface area contributed by atoms with E-state index in [4.69, 9.17) is 14.6 Å². The summed E-state index contributed by atoms with van der Waals surface area (Å²) in [6.07, 6.45) is -3.65. The Kier molecular flexibility index (Phi) is 10.6. The summed E-state index contributed by atoms with van der Waals surface area (Å²) >= 11 is 1.11. The van der Waals surface area contributed by atoms with Crippen molar-refractivity contribution in [3.8, 4) is 22.1 Å². The molecule has 0 saturated carbocycles. The lowest BCUT2D eigenvalue weighted by molar-refractivity contribution is -0.138. The number of rotatable bonds is 10. The van der Waals surface area contributed by atoms with E-state index in [2.05, 4.69) is 15.9 Å². The van der Waals surface area contributed by atoms with Crippen LogP contribution in [0.5, 0.6) is 11.5 Å². The number of nitrogens with zero attached hydrogens (tertiary/aromatic N) is 2. The highest BCUT2D eigenvalue weighted by Crippen LogP contribution is 2.39. The summed E-state index contributed by atoms with van der Waals surface area (Å²) in [5.74, 6) is -2.65. The molecular formula is C22H24F5N3O3S. The molecule has 0 unspecified atom stereocenters. The number of aliphatic hydroxyl groups excluding tert-OH is 1. The first-order chi connectivity index (χ1) is 16.3. The van der Waals surface area contributed by atoms with Gasteiger partial charge in [-0.3, -0.25) is 0 Å². The maximum Gasteiger partial charge on any atom is 0.419 e. The van der Waals surface area contributed by atoms with Crippen molar-refractivity contribution in [1.82, 2.24) is 10.2 Å². The summed E-state index contributed by atoms with van der Waals surface area (Å²) in [5.41, 5.74) is 3.81. The number of halogens is 5. The van der Waals surface area contributed by atoms with Crippen LogP contribution in [-0.4, -0.2) is 42.2 Å². The predicted molar refractivity (Wildman–Crippen MR) is 118 cm³/mol. The average molecular weight is 506 g/mol. The SMILES string of the molecule is CN.OCCc1nnc(-c2ccc(OCCCCOc3cccc(F)c3F)c(C(F)(F)F)c2)s1. The monoisotopic (exact) mass is 505 g/mol. The van der Waals surface area contributed by atoms with Gasteiger partial charge < -0.3 is 20.3 Å². The van der Waals surface area contributed by atoms with E-state index in [0.29, 0.717) is 22.9 Å². The van der Waals surface area contributed by atoms with E-state index in [0.717, 1.165) is 23.5 Å². The van der Waals surface area contributed by atoms with Gasteiger partial charge in [0, 0.05) is 18.6 Å². The highest BCUT2D eigenvalue weighted by atomic mass is 32.1. The summed E-state index contributed by atoms with van der Waals surface area (Å²) in [5, 5.41) is 17.5. The average Bonchev–Trinajstić information content (AvgIpc) is 3.28. The molecule has 0 radical (unpaired) electrons. The molecule has 0 aliphatic carbocycles. The van der Waals surface area contributed by atoms with Crippen molar-refractivity contribution in [3.63, 3.8) is 0 Å². The smallest absolute Gasteiger partial charge is 0.419 e. The maximum atomic E-state index is 13.5. The van der Waals surface area contributed by atoms with Gasteiger partial charge in [0.25, 0.3) is 0 Å². The topological polar surface area (TPSA) is 90.5 Å². The first-order valence-electron chi connectivity index (χ1n) is 10.2. The van der Waals surface area contributed by atoms with E-state index in [1.165, 1.54) is 31.3 Å². The van der Waals surface area contributed by atoms with Crippen molar-refractivity contribution in [3.05, 3.63) is 58.6 Å². The third kappa shape index (κ3) is 7.61. The number of hydrogen-bond donors (Lipinski definition) is 2. The Balaban J connectivity index is 0.00000199. The van der Waals surface area contributed by atoms with E-state index >= 15 is 0 Å². The zero-order chi connectivity index (χ0) is 25.1. The number of hydrogen-bond acceptors (Lipinski definition) is 7. The fourth-order valence-electron chi connectivity index (χ4n) is 2.74. The molecule has 1 aromatic heterocycles. The quantitative estimate of drug-likeness (QED) is 0.303. The van der Waals surface area contributed by atoms with Crippen LogP contribution >= 0.6 is 11.3 Å². The minimum absolute atomic E-state index is 0.0170. The van der Waals surface area contributed by atoms with Crippen LogP contribution in [0.3, 0.4) is 0 Å². The molecule has 2 aromatic carbocycles. The van der Waals surface area contributed by atoms with Crippen molar-refractivity contribution in [2.75, 3.05) is 26.9 Å². The van der Waals surface area contributed by atoms with Gasteiger partial charge in [-0.2, -0.15) is 17.6 Å². The number of aliphatic hydroxyl groups is 1. The molecule has 3 N–H and O–H groups in total. The van der Waals surface area contributed by atoms with Crippen LogP contribution in [0.25, 0.3) is 10.6 Å². The largest absolute Gasteiger partial charge is 0.493 e. The molecule has 0 spiro atoms. The molecule has 3 rings (SSSR count). The highest BCUT2D eigenvalue weighted by molar-refractivity contribution is 7.14. The minimum Gasteiger partial charge on any atom is -0.493 e. The van der Waals surface area contributed by atoms with Crippen molar-refractivity contribution in [2.45, 2.75) is 25.4 Å². The first-order valence-corrected chi connectivity index (χ1v) is 11.0. The van der Waals surface area contributed by atoms with E-state index in [1.54, 1.807) is 0 Å². The Labute approximate surface area is 197 Å². The number of nitrogens with two attached hydrogens (primary N) is 1. The van der Waals surface area contributed by atoms with Gasteiger partial charge in [0.15, 0.2) is 11.6 Å². The number of unbranched alkanes of at least 4 members (excludes halogenated alkanes) is 1.